The van der Waals surface area contributed by atoms with E-state index in [9.17, 15) is 13.6 Å². The molecule has 0 bridgehead atoms. The molecule has 0 saturated carbocycles. The summed E-state index contributed by atoms with van der Waals surface area (Å²) in [5, 5.41) is 10.5. The molecule has 0 saturated heterocycles. The van der Waals surface area contributed by atoms with Gasteiger partial charge in [-0.25, -0.2) is 13.4 Å². The van der Waals surface area contributed by atoms with Crippen LogP contribution in [0.5, 0.6) is 0 Å². The van der Waals surface area contributed by atoms with Crippen LogP contribution in [0.15, 0.2) is 68.7 Å². The standard InChI is InChI=1S/C18H14Cl2N2O3S2/c1-11-9-16(27(24,25)15-7-5-12(19)6-8-15)26-17(11)18(22-23)21-14-4-2-3-13(20)10-14/h2-10,23H,1H3,(H,21,22). The lowest BCUT2D eigenvalue weighted by Gasteiger charge is -2.04. The van der Waals surface area contributed by atoms with Crippen LogP contribution >= 0.6 is 34.5 Å². The van der Waals surface area contributed by atoms with Crippen LogP contribution < -0.4 is 5.48 Å². The Kier molecular flexibility index (Phi) is 5.88. The van der Waals surface area contributed by atoms with E-state index in [2.05, 4.69) is 4.99 Å². The van der Waals surface area contributed by atoms with Crippen molar-refractivity contribution in [3.63, 3.8) is 0 Å². The molecule has 5 nitrogen and oxygen atoms in total. The zero-order chi connectivity index (χ0) is 19.6. The van der Waals surface area contributed by atoms with E-state index < -0.39 is 9.84 Å². The van der Waals surface area contributed by atoms with Crippen molar-refractivity contribution in [3.8, 4) is 0 Å². The van der Waals surface area contributed by atoms with Crippen LogP contribution in [-0.4, -0.2) is 19.5 Å². The number of hydrogen-bond donors (Lipinski definition) is 2. The molecule has 1 heterocycles. The van der Waals surface area contributed by atoms with E-state index in [1.807, 2.05) is 5.48 Å². The molecule has 0 atom stereocenters. The number of rotatable bonds is 4. The van der Waals surface area contributed by atoms with Crippen molar-refractivity contribution in [1.29, 1.82) is 0 Å². The first-order valence-corrected chi connectivity index (χ1v) is 10.7. The number of aryl methyl sites for hydroxylation is 1. The smallest absolute Gasteiger partial charge is 0.215 e. The maximum Gasteiger partial charge on any atom is 0.215 e. The molecule has 2 aromatic carbocycles. The second-order valence-corrected chi connectivity index (χ2v) is 9.69. The fourth-order valence-corrected chi connectivity index (χ4v) is 5.54. The van der Waals surface area contributed by atoms with Gasteiger partial charge in [0.15, 0.2) is 5.84 Å². The fourth-order valence-electron chi connectivity index (χ4n) is 2.35. The number of halogens is 2. The van der Waals surface area contributed by atoms with E-state index in [1.165, 1.54) is 24.3 Å². The third-order valence-electron chi connectivity index (χ3n) is 3.65. The van der Waals surface area contributed by atoms with Crippen LogP contribution in [0.1, 0.15) is 10.4 Å². The van der Waals surface area contributed by atoms with Crippen molar-refractivity contribution in [2.75, 3.05) is 0 Å². The fraction of sp³-hybridized carbons (Fsp3) is 0.0556. The van der Waals surface area contributed by atoms with Crippen molar-refractivity contribution in [1.82, 2.24) is 5.48 Å². The molecule has 27 heavy (non-hydrogen) atoms. The molecule has 9 heteroatoms. The Bertz CT molecular complexity index is 1110. The van der Waals surface area contributed by atoms with Crippen molar-refractivity contribution < 1.29 is 13.6 Å². The summed E-state index contributed by atoms with van der Waals surface area (Å²) in [6.45, 7) is 1.75. The molecular weight excluding hydrogens is 427 g/mol. The molecular formula is C18H14Cl2N2O3S2. The van der Waals surface area contributed by atoms with Gasteiger partial charge in [-0.1, -0.05) is 29.3 Å². The Labute approximate surface area is 170 Å². The number of benzene rings is 2. The van der Waals surface area contributed by atoms with Gasteiger partial charge >= 0.3 is 0 Å². The summed E-state index contributed by atoms with van der Waals surface area (Å²) in [4.78, 5) is 4.97. The van der Waals surface area contributed by atoms with E-state index in [0.717, 1.165) is 11.3 Å². The van der Waals surface area contributed by atoms with Crippen molar-refractivity contribution >= 4 is 55.9 Å². The zero-order valence-electron chi connectivity index (χ0n) is 14.0. The summed E-state index contributed by atoms with van der Waals surface area (Å²) >= 11 is 12.8. The second-order valence-electron chi connectivity index (χ2n) is 5.59. The van der Waals surface area contributed by atoms with Crippen molar-refractivity contribution in [2.45, 2.75) is 16.0 Å². The molecule has 0 spiro atoms. The lowest BCUT2D eigenvalue weighted by molar-refractivity contribution is 0.235. The molecule has 2 N–H and O–H groups in total. The van der Waals surface area contributed by atoms with Gasteiger partial charge in [0.25, 0.3) is 0 Å². The normalized spacial score (nSPS) is 12.2. The van der Waals surface area contributed by atoms with Crippen LogP contribution in [0.2, 0.25) is 10.0 Å². The highest BCUT2D eigenvalue weighted by atomic mass is 35.5. The summed E-state index contributed by atoms with van der Waals surface area (Å²) in [6, 6.07) is 14.3. The molecule has 140 valence electrons. The second kappa shape index (κ2) is 8.00. The van der Waals surface area contributed by atoms with Crippen LogP contribution in [0.25, 0.3) is 0 Å². The summed E-state index contributed by atoms with van der Waals surface area (Å²) in [5.74, 6) is 0.136. The average molecular weight is 441 g/mol. The van der Waals surface area contributed by atoms with Gasteiger partial charge in [-0.05, 0) is 61.0 Å². The van der Waals surface area contributed by atoms with Gasteiger partial charge in [0, 0.05) is 10.0 Å². The Morgan fingerprint density at radius 1 is 1.07 bits per heavy atom. The maximum atomic E-state index is 12.9. The number of thiophene rings is 1. The Morgan fingerprint density at radius 2 is 1.78 bits per heavy atom. The molecule has 1 aromatic heterocycles. The van der Waals surface area contributed by atoms with E-state index in [0.29, 0.717) is 26.2 Å². The molecule has 0 aliphatic rings. The number of nitrogens with one attached hydrogen (secondary N) is 1. The number of sulfone groups is 1. The number of aliphatic imine (C=N–C) groups is 1. The predicted octanol–water partition coefficient (Wildman–Crippen LogP) is 5.25. The Morgan fingerprint density at radius 3 is 2.41 bits per heavy atom. The molecule has 0 amide bonds. The maximum absolute atomic E-state index is 12.9. The molecule has 0 aliphatic heterocycles. The summed E-state index contributed by atoms with van der Waals surface area (Å²) in [6.07, 6.45) is 0. The highest BCUT2D eigenvalue weighted by Gasteiger charge is 2.23. The van der Waals surface area contributed by atoms with Crippen molar-refractivity contribution in [2.24, 2.45) is 4.99 Å². The first-order chi connectivity index (χ1) is 12.8. The lowest BCUT2D eigenvalue weighted by Crippen LogP contribution is -2.19. The number of hydrogen-bond acceptors (Lipinski definition) is 5. The van der Waals surface area contributed by atoms with E-state index in [4.69, 9.17) is 23.2 Å². The number of hydroxylamine groups is 1. The Hall–Kier alpha value is -1.90. The molecule has 3 rings (SSSR count). The number of nitrogens with zero attached hydrogens (tertiary/aromatic N) is 1. The van der Waals surface area contributed by atoms with Crippen LogP contribution in [0.3, 0.4) is 0 Å². The topological polar surface area (TPSA) is 78.8 Å². The predicted molar refractivity (Wildman–Crippen MR) is 109 cm³/mol. The first kappa shape index (κ1) is 19.9. The lowest BCUT2D eigenvalue weighted by atomic mass is 10.2. The van der Waals surface area contributed by atoms with Crippen LogP contribution in [-0.2, 0) is 9.84 Å². The van der Waals surface area contributed by atoms with Gasteiger partial charge in [0.05, 0.1) is 15.5 Å². The van der Waals surface area contributed by atoms with Gasteiger partial charge in [-0.3, -0.25) is 10.7 Å². The van der Waals surface area contributed by atoms with E-state index >= 15 is 0 Å². The first-order valence-electron chi connectivity index (χ1n) is 7.67. The van der Waals surface area contributed by atoms with Gasteiger partial charge in [0.2, 0.25) is 9.84 Å². The van der Waals surface area contributed by atoms with Crippen LogP contribution in [0, 0.1) is 6.92 Å². The van der Waals surface area contributed by atoms with Gasteiger partial charge in [-0.15, -0.1) is 11.3 Å². The highest BCUT2D eigenvalue weighted by Crippen LogP contribution is 2.32. The number of amidine groups is 1. The quantitative estimate of drug-likeness (QED) is 0.329. The third kappa shape index (κ3) is 4.34. The summed E-state index contributed by atoms with van der Waals surface area (Å²) in [5.41, 5.74) is 3.23. The molecule has 0 aliphatic carbocycles. The largest absolute Gasteiger partial charge is 0.290 e. The summed E-state index contributed by atoms with van der Waals surface area (Å²) in [7, 11) is -3.70. The molecule has 3 aromatic rings. The monoisotopic (exact) mass is 440 g/mol. The van der Waals surface area contributed by atoms with E-state index in [-0.39, 0.29) is 14.9 Å². The average Bonchev–Trinajstić information content (AvgIpc) is 3.02. The van der Waals surface area contributed by atoms with E-state index in [1.54, 1.807) is 37.3 Å². The van der Waals surface area contributed by atoms with Crippen molar-refractivity contribution in [3.05, 3.63) is 75.1 Å². The van der Waals surface area contributed by atoms with Gasteiger partial charge in [0.1, 0.15) is 4.21 Å². The Balaban J connectivity index is 2.03. The minimum atomic E-state index is -3.70. The molecule has 0 fully saturated rings. The highest BCUT2D eigenvalue weighted by molar-refractivity contribution is 7.93. The third-order valence-corrected chi connectivity index (χ3v) is 7.63. The van der Waals surface area contributed by atoms with Gasteiger partial charge < -0.3 is 0 Å². The minimum Gasteiger partial charge on any atom is -0.290 e. The zero-order valence-corrected chi connectivity index (χ0v) is 17.1. The minimum absolute atomic E-state index is 0.136. The molecule has 0 unspecified atom stereocenters. The SMILES string of the molecule is Cc1cc(S(=O)(=O)c2ccc(Cl)cc2)sc1C(=Nc1cccc(Cl)c1)NO. The molecule has 0 radical (unpaired) electrons. The summed E-state index contributed by atoms with van der Waals surface area (Å²) < 4.78 is 25.8. The van der Waals surface area contributed by atoms with Crippen LogP contribution in [0.4, 0.5) is 5.69 Å². The van der Waals surface area contributed by atoms with Gasteiger partial charge in [-0.2, -0.15) is 0 Å².